The van der Waals surface area contributed by atoms with Crippen LogP contribution in [-0.4, -0.2) is 26.2 Å². The number of hydrogen-bond donors (Lipinski definition) is 2. The quantitative estimate of drug-likeness (QED) is 0.565. The van der Waals surface area contributed by atoms with E-state index in [2.05, 4.69) is 20.3 Å². The number of benzene rings is 1. The number of thiazole rings is 1. The van der Waals surface area contributed by atoms with Crippen LogP contribution in [0.5, 0.6) is 0 Å². The fourth-order valence-electron chi connectivity index (χ4n) is 2.37. The summed E-state index contributed by atoms with van der Waals surface area (Å²) in [7, 11) is 0. The van der Waals surface area contributed by atoms with E-state index in [1.807, 2.05) is 20.8 Å². The highest BCUT2D eigenvalue weighted by atomic mass is 35.5. The molecule has 27 heavy (non-hydrogen) atoms. The lowest BCUT2D eigenvalue weighted by molar-refractivity contribution is 0.209. The zero-order valence-corrected chi connectivity index (χ0v) is 16.3. The molecule has 0 bridgehead atoms. The molecule has 0 atom stereocenters. The Morgan fingerprint density at radius 2 is 2.00 bits per heavy atom. The highest BCUT2D eigenvalue weighted by Gasteiger charge is 2.25. The standard InChI is InChI=1S/C18H16ClFN4O2S/c1-18(2,3)15-24-13(14(27-15)12-6-7-21-16(19)23-12)10-8-9(22-17(25)26)4-5-11(10)20/h4-8,22H,1-3H3,(H,25,26). The van der Waals surface area contributed by atoms with Crippen LogP contribution in [0.1, 0.15) is 25.8 Å². The smallest absolute Gasteiger partial charge is 0.409 e. The Hall–Kier alpha value is -2.58. The molecule has 0 saturated carbocycles. The van der Waals surface area contributed by atoms with Crippen molar-refractivity contribution in [3.05, 3.63) is 46.6 Å². The molecule has 1 aromatic carbocycles. The summed E-state index contributed by atoms with van der Waals surface area (Å²) in [6.45, 7) is 6.02. The number of rotatable bonds is 3. The van der Waals surface area contributed by atoms with Gasteiger partial charge in [-0.15, -0.1) is 11.3 Å². The van der Waals surface area contributed by atoms with Crippen LogP contribution in [0, 0.1) is 5.82 Å². The second kappa shape index (κ2) is 7.21. The lowest BCUT2D eigenvalue weighted by Gasteiger charge is -2.13. The van der Waals surface area contributed by atoms with E-state index in [9.17, 15) is 9.18 Å². The summed E-state index contributed by atoms with van der Waals surface area (Å²) in [4.78, 5) is 24.3. The number of carbonyl (C=O) groups is 1. The molecule has 3 rings (SSSR count). The average Bonchev–Trinajstić information content (AvgIpc) is 3.01. The highest BCUT2D eigenvalue weighted by molar-refractivity contribution is 7.15. The molecule has 0 saturated heterocycles. The van der Waals surface area contributed by atoms with Gasteiger partial charge >= 0.3 is 6.09 Å². The van der Waals surface area contributed by atoms with E-state index in [-0.39, 0.29) is 21.9 Å². The van der Waals surface area contributed by atoms with Crippen molar-refractivity contribution >= 4 is 34.7 Å². The maximum Gasteiger partial charge on any atom is 0.409 e. The number of aromatic nitrogens is 3. The van der Waals surface area contributed by atoms with Crippen molar-refractivity contribution < 1.29 is 14.3 Å². The minimum absolute atomic E-state index is 0.0749. The summed E-state index contributed by atoms with van der Waals surface area (Å²) >= 11 is 7.30. The number of carboxylic acid groups (broad SMARTS) is 1. The number of anilines is 1. The zero-order valence-electron chi connectivity index (χ0n) is 14.7. The SMILES string of the molecule is CC(C)(C)c1nc(-c2cc(NC(=O)O)ccc2F)c(-c2ccnc(Cl)n2)s1. The molecule has 9 heteroatoms. The third kappa shape index (κ3) is 4.23. The van der Waals surface area contributed by atoms with Crippen LogP contribution in [0.3, 0.4) is 0 Å². The average molecular weight is 407 g/mol. The third-order valence-corrected chi connectivity index (χ3v) is 5.29. The third-order valence-electron chi connectivity index (χ3n) is 3.60. The van der Waals surface area contributed by atoms with Gasteiger partial charge in [-0.2, -0.15) is 0 Å². The van der Waals surface area contributed by atoms with Gasteiger partial charge < -0.3 is 5.11 Å². The van der Waals surface area contributed by atoms with Gasteiger partial charge in [-0.1, -0.05) is 20.8 Å². The summed E-state index contributed by atoms with van der Waals surface area (Å²) in [5, 5.41) is 12.0. The topological polar surface area (TPSA) is 88.0 Å². The van der Waals surface area contributed by atoms with Gasteiger partial charge in [0.1, 0.15) is 5.82 Å². The minimum Gasteiger partial charge on any atom is -0.465 e. The number of nitrogens with zero attached hydrogens (tertiary/aromatic N) is 3. The Kier molecular flexibility index (Phi) is 5.12. The van der Waals surface area contributed by atoms with E-state index in [0.717, 1.165) is 5.01 Å². The first-order chi connectivity index (χ1) is 12.6. The first kappa shape index (κ1) is 19.2. The monoisotopic (exact) mass is 406 g/mol. The molecule has 0 aliphatic heterocycles. The molecule has 0 radical (unpaired) electrons. The van der Waals surface area contributed by atoms with E-state index in [1.54, 1.807) is 6.07 Å². The lowest BCUT2D eigenvalue weighted by Crippen LogP contribution is -2.10. The van der Waals surface area contributed by atoms with E-state index in [4.69, 9.17) is 16.7 Å². The molecule has 0 spiro atoms. The van der Waals surface area contributed by atoms with Crippen molar-refractivity contribution in [3.63, 3.8) is 0 Å². The van der Waals surface area contributed by atoms with Gasteiger partial charge in [0.25, 0.3) is 0 Å². The molecule has 0 fully saturated rings. The summed E-state index contributed by atoms with van der Waals surface area (Å²) in [5.74, 6) is -0.516. The van der Waals surface area contributed by atoms with Gasteiger partial charge in [0.2, 0.25) is 5.28 Å². The number of amides is 1. The molecule has 2 N–H and O–H groups in total. The zero-order chi connectivity index (χ0) is 19.8. The summed E-state index contributed by atoms with van der Waals surface area (Å²) in [6.07, 6.45) is 0.285. The fourth-order valence-corrected chi connectivity index (χ4v) is 3.62. The molecular weight excluding hydrogens is 391 g/mol. The van der Waals surface area contributed by atoms with Gasteiger partial charge in [0, 0.05) is 22.9 Å². The van der Waals surface area contributed by atoms with Crippen LogP contribution in [0.15, 0.2) is 30.5 Å². The normalized spacial score (nSPS) is 11.4. The molecule has 0 aliphatic rings. The highest BCUT2D eigenvalue weighted by Crippen LogP contribution is 2.41. The Labute approximate surface area is 164 Å². The number of halogens is 2. The molecule has 140 valence electrons. The van der Waals surface area contributed by atoms with Gasteiger partial charge in [0.15, 0.2) is 0 Å². The first-order valence-electron chi connectivity index (χ1n) is 7.95. The van der Waals surface area contributed by atoms with Crippen LogP contribution in [0.2, 0.25) is 5.28 Å². The molecule has 0 aliphatic carbocycles. The Morgan fingerprint density at radius 1 is 1.26 bits per heavy atom. The van der Waals surface area contributed by atoms with Crippen molar-refractivity contribution in [3.8, 4) is 21.8 Å². The van der Waals surface area contributed by atoms with E-state index in [0.29, 0.717) is 16.3 Å². The van der Waals surface area contributed by atoms with Crippen LogP contribution in [-0.2, 0) is 5.41 Å². The Balaban J connectivity index is 2.23. The molecule has 6 nitrogen and oxygen atoms in total. The fraction of sp³-hybridized carbons (Fsp3) is 0.222. The molecule has 1 amide bonds. The van der Waals surface area contributed by atoms with Gasteiger partial charge in [-0.25, -0.2) is 24.1 Å². The predicted octanol–water partition coefficient (Wildman–Crippen LogP) is 5.45. The van der Waals surface area contributed by atoms with E-state index < -0.39 is 11.9 Å². The van der Waals surface area contributed by atoms with Crippen molar-refractivity contribution in [2.24, 2.45) is 0 Å². The molecule has 2 aromatic heterocycles. The van der Waals surface area contributed by atoms with Crippen molar-refractivity contribution in [1.29, 1.82) is 0 Å². The van der Waals surface area contributed by atoms with Gasteiger partial charge in [-0.05, 0) is 35.9 Å². The lowest BCUT2D eigenvalue weighted by atomic mass is 9.98. The Bertz CT molecular complexity index is 1020. The first-order valence-corrected chi connectivity index (χ1v) is 9.14. The Morgan fingerprint density at radius 3 is 2.63 bits per heavy atom. The van der Waals surface area contributed by atoms with E-state index in [1.165, 1.54) is 35.7 Å². The van der Waals surface area contributed by atoms with Crippen molar-refractivity contribution in [2.75, 3.05) is 5.32 Å². The van der Waals surface area contributed by atoms with Gasteiger partial charge in [0.05, 0.1) is 21.3 Å². The number of hydrogen-bond acceptors (Lipinski definition) is 5. The maximum atomic E-state index is 14.6. The molecular formula is C18H16ClFN4O2S. The van der Waals surface area contributed by atoms with E-state index >= 15 is 0 Å². The molecule has 3 aromatic rings. The maximum absolute atomic E-state index is 14.6. The van der Waals surface area contributed by atoms with Crippen LogP contribution in [0.25, 0.3) is 21.8 Å². The molecule has 2 heterocycles. The van der Waals surface area contributed by atoms with Gasteiger partial charge in [-0.3, -0.25) is 5.32 Å². The molecule has 0 unspecified atom stereocenters. The van der Waals surface area contributed by atoms with Crippen molar-refractivity contribution in [1.82, 2.24) is 15.0 Å². The number of nitrogens with one attached hydrogen (secondary N) is 1. The predicted molar refractivity (Wildman–Crippen MR) is 104 cm³/mol. The largest absolute Gasteiger partial charge is 0.465 e. The summed E-state index contributed by atoms with van der Waals surface area (Å²) < 4.78 is 14.6. The second-order valence-electron chi connectivity index (χ2n) is 6.78. The van der Waals surface area contributed by atoms with Crippen molar-refractivity contribution in [2.45, 2.75) is 26.2 Å². The van der Waals surface area contributed by atoms with Crippen LogP contribution >= 0.6 is 22.9 Å². The summed E-state index contributed by atoms with van der Waals surface area (Å²) in [5.41, 5.74) is 1.07. The van der Waals surface area contributed by atoms with Crippen LogP contribution < -0.4 is 5.32 Å². The summed E-state index contributed by atoms with van der Waals surface area (Å²) in [6, 6.07) is 5.64. The second-order valence-corrected chi connectivity index (χ2v) is 8.12. The van der Waals surface area contributed by atoms with Crippen LogP contribution in [0.4, 0.5) is 14.9 Å². The minimum atomic E-state index is -1.23.